The van der Waals surface area contributed by atoms with Gasteiger partial charge in [0, 0.05) is 11.9 Å². The average molecular weight is 206 g/mol. The van der Waals surface area contributed by atoms with E-state index in [0.717, 1.165) is 19.5 Å². The largest absolute Gasteiger partial charge is 0.317 e. The van der Waals surface area contributed by atoms with Crippen molar-refractivity contribution in [2.45, 2.75) is 33.1 Å². The predicted octanol–water partition coefficient (Wildman–Crippen LogP) is 2.65. The summed E-state index contributed by atoms with van der Waals surface area (Å²) in [5, 5.41) is 3.43. The van der Waals surface area contributed by atoms with E-state index < -0.39 is 0 Å². The van der Waals surface area contributed by atoms with Crippen molar-refractivity contribution in [3.05, 3.63) is 30.1 Å². The summed E-state index contributed by atoms with van der Waals surface area (Å²) in [4.78, 5) is 4.34. The molecule has 0 amide bonds. The molecule has 0 fully saturated rings. The first-order chi connectivity index (χ1) is 7.33. The highest BCUT2D eigenvalue weighted by Gasteiger charge is 2.03. The lowest BCUT2D eigenvalue weighted by Crippen LogP contribution is -2.18. The molecular weight excluding hydrogens is 184 g/mol. The minimum atomic E-state index is 0.712. The van der Waals surface area contributed by atoms with Crippen LogP contribution in [-0.4, -0.2) is 18.1 Å². The van der Waals surface area contributed by atoms with Gasteiger partial charge in [0.05, 0.1) is 0 Å². The van der Waals surface area contributed by atoms with Gasteiger partial charge < -0.3 is 5.32 Å². The number of nitrogens with one attached hydrogen (secondary N) is 1. The van der Waals surface area contributed by atoms with Crippen LogP contribution in [0.25, 0.3) is 0 Å². The molecule has 0 aliphatic carbocycles. The van der Waals surface area contributed by atoms with Crippen molar-refractivity contribution in [3.63, 3.8) is 0 Å². The van der Waals surface area contributed by atoms with Gasteiger partial charge in [0.2, 0.25) is 0 Å². The Bertz CT molecular complexity index is 246. The van der Waals surface area contributed by atoms with Crippen molar-refractivity contribution >= 4 is 0 Å². The number of hydrogen-bond acceptors (Lipinski definition) is 2. The minimum Gasteiger partial charge on any atom is -0.317 e. The maximum Gasteiger partial charge on any atom is 0.0406 e. The number of nitrogens with zero attached hydrogens (tertiary/aromatic N) is 1. The quantitative estimate of drug-likeness (QED) is 0.694. The Morgan fingerprint density at radius 1 is 1.33 bits per heavy atom. The van der Waals surface area contributed by atoms with Gasteiger partial charge in [0.15, 0.2) is 0 Å². The zero-order valence-corrected chi connectivity index (χ0v) is 9.87. The molecule has 1 atom stereocenters. The van der Waals surface area contributed by atoms with Crippen molar-refractivity contribution in [3.8, 4) is 0 Å². The van der Waals surface area contributed by atoms with E-state index >= 15 is 0 Å². The van der Waals surface area contributed by atoms with Crippen LogP contribution in [0.3, 0.4) is 0 Å². The van der Waals surface area contributed by atoms with Crippen LogP contribution < -0.4 is 5.32 Å². The van der Waals surface area contributed by atoms with Crippen molar-refractivity contribution < 1.29 is 0 Å². The third-order valence-corrected chi connectivity index (χ3v) is 2.52. The molecule has 0 aromatic carbocycles. The molecule has 2 nitrogen and oxygen atoms in total. The summed E-state index contributed by atoms with van der Waals surface area (Å²) in [6, 6.07) is 6.14. The van der Waals surface area contributed by atoms with E-state index in [-0.39, 0.29) is 0 Å². The molecule has 1 aromatic rings. The second-order valence-corrected chi connectivity index (χ2v) is 4.17. The van der Waals surface area contributed by atoms with Gasteiger partial charge in [-0.15, -0.1) is 0 Å². The zero-order valence-electron chi connectivity index (χ0n) is 9.87. The summed E-state index contributed by atoms with van der Waals surface area (Å²) in [5.74, 6) is 0.712. The van der Waals surface area contributed by atoms with Crippen LogP contribution >= 0.6 is 0 Å². The Balaban J connectivity index is 2.16. The molecule has 0 saturated heterocycles. The van der Waals surface area contributed by atoms with Crippen molar-refractivity contribution in [2.24, 2.45) is 5.92 Å². The summed E-state index contributed by atoms with van der Waals surface area (Å²) >= 11 is 0. The van der Waals surface area contributed by atoms with Gasteiger partial charge in [0.25, 0.3) is 0 Å². The van der Waals surface area contributed by atoms with Crippen molar-refractivity contribution in [1.82, 2.24) is 10.3 Å². The van der Waals surface area contributed by atoms with Crippen LogP contribution in [0, 0.1) is 5.92 Å². The second-order valence-electron chi connectivity index (χ2n) is 4.17. The van der Waals surface area contributed by atoms with E-state index in [1.165, 1.54) is 18.5 Å². The van der Waals surface area contributed by atoms with Crippen molar-refractivity contribution in [2.75, 3.05) is 13.1 Å². The smallest absolute Gasteiger partial charge is 0.0406 e. The van der Waals surface area contributed by atoms with Crippen LogP contribution in [0.1, 0.15) is 32.4 Å². The van der Waals surface area contributed by atoms with Crippen LogP contribution in [0.2, 0.25) is 0 Å². The topological polar surface area (TPSA) is 24.9 Å². The first kappa shape index (κ1) is 12.2. The Morgan fingerprint density at radius 3 is 2.87 bits per heavy atom. The molecule has 0 radical (unpaired) electrons. The Labute approximate surface area is 93.1 Å². The molecule has 0 spiro atoms. The van der Waals surface area contributed by atoms with Crippen LogP contribution in [0.15, 0.2) is 24.4 Å². The number of aromatic nitrogens is 1. The SMILES string of the molecule is CCCNCCC(C)Cc1ccccn1. The predicted molar refractivity (Wildman–Crippen MR) is 64.9 cm³/mol. The summed E-state index contributed by atoms with van der Waals surface area (Å²) in [6.07, 6.45) is 5.41. The Morgan fingerprint density at radius 2 is 2.20 bits per heavy atom. The molecule has 0 aliphatic heterocycles. The average Bonchev–Trinajstić information content (AvgIpc) is 2.26. The van der Waals surface area contributed by atoms with Gasteiger partial charge in [-0.3, -0.25) is 4.98 Å². The Hall–Kier alpha value is -0.890. The van der Waals surface area contributed by atoms with Gasteiger partial charge in [0.1, 0.15) is 0 Å². The first-order valence-electron chi connectivity index (χ1n) is 5.93. The summed E-state index contributed by atoms with van der Waals surface area (Å²) in [6.45, 7) is 6.75. The second kappa shape index (κ2) is 7.41. The maximum absolute atomic E-state index is 4.34. The van der Waals surface area contributed by atoms with Gasteiger partial charge in [-0.05, 0) is 50.4 Å². The first-order valence-corrected chi connectivity index (χ1v) is 5.93. The summed E-state index contributed by atoms with van der Waals surface area (Å²) in [7, 11) is 0. The van der Waals surface area contributed by atoms with Gasteiger partial charge in [-0.2, -0.15) is 0 Å². The Kier molecular flexibility index (Phi) is 6.02. The lowest BCUT2D eigenvalue weighted by Gasteiger charge is -2.11. The molecule has 0 bridgehead atoms. The number of hydrogen-bond donors (Lipinski definition) is 1. The third-order valence-electron chi connectivity index (χ3n) is 2.52. The molecular formula is C13H22N2. The van der Waals surface area contributed by atoms with Gasteiger partial charge >= 0.3 is 0 Å². The minimum absolute atomic E-state index is 0.712. The van der Waals surface area contributed by atoms with E-state index in [1.54, 1.807) is 0 Å². The number of rotatable bonds is 7. The highest BCUT2D eigenvalue weighted by Crippen LogP contribution is 2.08. The molecule has 84 valence electrons. The molecule has 1 heterocycles. The fourth-order valence-corrected chi connectivity index (χ4v) is 1.63. The summed E-state index contributed by atoms with van der Waals surface area (Å²) < 4.78 is 0. The molecule has 0 saturated carbocycles. The molecule has 2 heteroatoms. The lowest BCUT2D eigenvalue weighted by atomic mass is 10.0. The molecule has 15 heavy (non-hydrogen) atoms. The van der Waals surface area contributed by atoms with E-state index in [4.69, 9.17) is 0 Å². The molecule has 0 aliphatic rings. The van der Waals surface area contributed by atoms with E-state index in [0.29, 0.717) is 5.92 Å². The molecule has 1 N–H and O–H groups in total. The van der Waals surface area contributed by atoms with Crippen LogP contribution in [-0.2, 0) is 6.42 Å². The maximum atomic E-state index is 4.34. The molecule has 1 unspecified atom stereocenters. The van der Waals surface area contributed by atoms with E-state index in [1.807, 2.05) is 12.3 Å². The van der Waals surface area contributed by atoms with Gasteiger partial charge in [-0.1, -0.05) is 19.9 Å². The highest BCUT2D eigenvalue weighted by molar-refractivity contribution is 5.03. The van der Waals surface area contributed by atoms with Crippen molar-refractivity contribution in [1.29, 1.82) is 0 Å². The van der Waals surface area contributed by atoms with E-state index in [9.17, 15) is 0 Å². The highest BCUT2D eigenvalue weighted by atomic mass is 14.8. The molecule has 1 rings (SSSR count). The standard InChI is InChI=1S/C13H22N2/c1-3-8-14-10-7-12(2)11-13-6-4-5-9-15-13/h4-6,9,12,14H,3,7-8,10-11H2,1-2H3. The molecule has 1 aromatic heterocycles. The lowest BCUT2D eigenvalue weighted by molar-refractivity contribution is 0.494. The fourth-order valence-electron chi connectivity index (χ4n) is 1.63. The fraction of sp³-hybridized carbons (Fsp3) is 0.615. The van der Waals surface area contributed by atoms with Gasteiger partial charge in [-0.25, -0.2) is 0 Å². The van der Waals surface area contributed by atoms with Crippen LogP contribution in [0.4, 0.5) is 0 Å². The zero-order chi connectivity index (χ0) is 10.9. The normalized spacial score (nSPS) is 12.7. The van der Waals surface area contributed by atoms with Crippen LogP contribution in [0.5, 0.6) is 0 Å². The third kappa shape index (κ3) is 5.53. The number of pyridine rings is 1. The monoisotopic (exact) mass is 206 g/mol. The van der Waals surface area contributed by atoms with E-state index in [2.05, 4.69) is 36.3 Å². The summed E-state index contributed by atoms with van der Waals surface area (Å²) in [5.41, 5.74) is 1.21.